The maximum Gasteiger partial charge on any atom is 0.160 e. The molecule has 0 unspecified atom stereocenters. The Bertz CT molecular complexity index is 3410. The molecule has 0 saturated heterocycles. The number of nitrogens with zero attached hydrogens (tertiary/aromatic N) is 2. The molecule has 3 heteroatoms. The van der Waals surface area contributed by atoms with E-state index in [1.807, 2.05) is 23.5 Å². The van der Waals surface area contributed by atoms with E-state index in [1.165, 1.54) is 91.2 Å². The van der Waals surface area contributed by atoms with Gasteiger partial charge in [0.05, 0.1) is 11.4 Å². The molecule has 0 radical (unpaired) electrons. The van der Waals surface area contributed by atoms with Crippen LogP contribution in [-0.4, -0.2) is 9.97 Å². The van der Waals surface area contributed by atoms with Crippen LogP contribution in [0.25, 0.3) is 98.6 Å². The Hall–Kier alpha value is -6.94. The van der Waals surface area contributed by atoms with Gasteiger partial charge < -0.3 is 0 Å². The van der Waals surface area contributed by atoms with E-state index in [-0.39, 0.29) is 5.41 Å². The van der Waals surface area contributed by atoms with Crippen molar-refractivity contribution >= 4 is 31.5 Å². The molecule has 0 atom stereocenters. The minimum Gasteiger partial charge on any atom is -0.228 e. The maximum absolute atomic E-state index is 5.12. The number of hydrogen-bond donors (Lipinski definition) is 0. The van der Waals surface area contributed by atoms with Crippen LogP contribution in [0.4, 0.5) is 0 Å². The largest absolute Gasteiger partial charge is 0.228 e. The molecule has 65 heavy (non-hydrogen) atoms. The molecule has 4 fully saturated rings. The minimum absolute atomic E-state index is 0.131. The first-order valence-corrected chi connectivity index (χ1v) is 24.4. The summed E-state index contributed by atoms with van der Waals surface area (Å²) in [5, 5.41) is 2.72. The Kier molecular flexibility index (Phi) is 8.37. The summed E-state index contributed by atoms with van der Waals surface area (Å²) >= 11 is 1.91. The minimum atomic E-state index is 0.131. The first-order valence-electron chi connectivity index (χ1n) is 23.5. The molecule has 2 aromatic heterocycles. The smallest absolute Gasteiger partial charge is 0.160 e. The second-order valence-corrected chi connectivity index (χ2v) is 20.4. The van der Waals surface area contributed by atoms with Gasteiger partial charge in [0.25, 0.3) is 0 Å². The predicted octanol–water partition coefficient (Wildman–Crippen LogP) is 16.6. The van der Waals surface area contributed by atoms with Crippen molar-refractivity contribution in [2.24, 2.45) is 23.7 Å². The number of rotatable bonds is 6. The highest BCUT2D eigenvalue weighted by Gasteiger charge is 2.61. The Morgan fingerprint density at radius 3 is 1.46 bits per heavy atom. The van der Waals surface area contributed by atoms with E-state index in [9.17, 15) is 0 Å². The monoisotopic (exact) mass is 850 g/mol. The Morgan fingerprint density at radius 2 is 0.831 bits per heavy atom. The lowest BCUT2D eigenvalue weighted by atomic mass is 9.43. The zero-order chi connectivity index (χ0) is 42.6. The van der Waals surface area contributed by atoms with Crippen molar-refractivity contribution in [3.63, 3.8) is 0 Å². The molecule has 4 bridgehead atoms. The van der Waals surface area contributed by atoms with Crippen molar-refractivity contribution in [1.82, 2.24) is 9.97 Å². The fourth-order valence-electron chi connectivity index (χ4n) is 13.3. The summed E-state index contributed by atoms with van der Waals surface area (Å²) in [5.74, 6) is 4.02. The van der Waals surface area contributed by atoms with Crippen LogP contribution in [0.15, 0.2) is 194 Å². The van der Waals surface area contributed by atoms with E-state index in [0.717, 1.165) is 63.1 Å². The Labute approximate surface area is 384 Å². The van der Waals surface area contributed by atoms with E-state index in [4.69, 9.17) is 9.97 Å². The van der Waals surface area contributed by atoms with Gasteiger partial charge in [0.2, 0.25) is 0 Å². The number of thiophene rings is 1. The zero-order valence-corrected chi connectivity index (χ0v) is 36.9. The number of fused-ring (bicyclic) bond motifs is 6. The SMILES string of the molecule is c1ccc(-c2cc(-c3ccccc3)nc(-c3cccc(-c4ccc(-c5ccc6c(c5)-c5cc(-c7ccc8c(c7)sc7ccccc78)ccc5C65C6CC7CC(C6)CC5C7)cc4)c3)n2)cc1. The van der Waals surface area contributed by atoms with Crippen LogP contribution < -0.4 is 0 Å². The molecule has 10 aromatic rings. The average molecular weight is 851 g/mol. The Morgan fingerprint density at radius 1 is 0.354 bits per heavy atom. The standard InChI is InChI=1S/C62H46N2S/c1-3-10-42(11-4-1)57-37-58(43-12-5-2-6-13-43)64-61(63-57)48-15-9-14-44(33-48)40-18-20-41(21-19-40)45-23-26-55-53(34-45)54-35-46(47-22-25-52-51-16-7-8-17-59(51)65-60(52)36-47)24-27-56(54)62(55)49-29-38-28-39(31-49)32-50(62)30-38/h1-27,33-39,49-50H,28-32H2. The molecule has 0 aliphatic heterocycles. The summed E-state index contributed by atoms with van der Waals surface area (Å²) in [6, 6.07) is 71.9. The molecule has 0 N–H and O–H groups in total. The van der Waals surface area contributed by atoms with Gasteiger partial charge in [-0.1, -0.05) is 158 Å². The molecule has 310 valence electrons. The normalized spacial score (nSPS) is 21.3. The van der Waals surface area contributed by atoms with Crippen LogP contribution in [0.3, 0.4) is 0 Å². The zero-order valence-electron chi connectivity index (χ0n) is 36.1. The van der Waals surface area contributed by atoms with E-state index in [1.54, 1.807) is 11.1 Å². The summed E-state index contributed by atoms with van der Waals surface area (Å²) in [5.41, 5.74) is 18.7. The van der Waals surface area contributed by atoms with Crippen molar-refractivity contribution in [2.45, 2.75) is 37.5 Å². The van der Waals surface area contributed by atoms with E-state index < -0.39 is 0 Å². The van der Waals surface area contributed by atoms with Crippen molar-refractivity contribution in [1.29, 1.82) is 0 Å². The third-order valence-electron chi connectivity index (χ3n) is 15.9. The van der Waals surface area contributed by atoms with E-state index in [2.05, 4.69) is 182 Å². The summed E-state index contributed by atoms with van der Waals surface area (Å²) < 4.78 is 2.72. The molecule has 8 aromatic carbocycles. The molecular weight excluding hydrogens is 805 g/mol. The van der Waals surface area contributed by atoms with Crippen molar-refractivity contribution in [3.8, 4) is 78.4 Å². The first-order chi connectivity index (χ1) is 32.1. The number of benzene rings is 8. The molecule has 0 amide bonds. The summed E-state index contributed by atoms with van der Waals surface area (Å²) in [4.78, 5) is 10.2. The first kappa shape index (κ1) is 37.4. The summed E-state index contributed by atoms with van der Waals surface area (Å²) in [7, 11) is 0. The summed E-state index contributed by atoms with van der Waals surface area (Å²) in [6.07, 6.45) is 7.02. The third-order valence-corrected chi connectivity index (χ3v) is 17.0. The van der Waals surface area contributed by atoms with Crippen molar-refractivity contribution in [3.05, 3.63) is 205 Å². The van der Waals surface area contributed by atoms with Gasteiger partial charge >= 0.3 is 0 Å². The predicted molar refractivity (Wildman–Crippen MR) is 271 cm³/mol. The highest BCUT2D eigenvalue weighted by molar-refractivity contribution is 7.25. The second-order valence-electron chi connectivity index (χ2n) is 19.4. The van der Waals surface area contributed by atoms with Crippen molar-refractivity contribution in [2.75, 3.05) is 0 Å². The van der Waals surface area contributed by atoms with Crippen LogP contribution in [0.1, 0.15) is 43.2 Å². The number of aromatic nitrogens is 2. The molecule has 4 saturated carbocycles. The summed E-state index contributed by atoms with van der Waals surface area (Å²) in [6.45, 7) is 0. The van der Waals surface area contributed by atoms with Gasteiger partial charge in [0, 0.05) is 42.3 Å². The maximum atomic E-state index is 5.12. The fourth-order valence-corrected chi connectivity index (χ4v) is 14.4. The van der Waals surface area contributed by atoms with Gasteiger partial charge in [-0.3, -0.25) is 0 Å². The van der Waals surface area contributed by atoms with Crippen LogP contribution in [-0.2, 0) is 5.41 Å². The third kappa shape index (κ3) is 5.91. The van der Waals surface area contributed by atoms with E-state index >= 15 is 0 Å². The van der Waals surface area contributed by atoms with Crippen LogP contribution in [0.5, 0.6) is 0 Å². The molecule has 2 heterocycles. The van der Waals surface area contributed by atoms with E-state index in [0.29, 0.717) is 0 Å². The Balaban J connectivity index is 0.834. The average Bonchev–Trinajstić information content (AvgIpc) is 3.88. The molecule has 2 nitrogen and oxygen atoms in total. The lowest BCUT2D eigenvalue weighted by Crippen LogP contribution is -2.55. The van der Waals surface area contributed by atoms with Gasteiger partial charge in [0.1, 0.15) is 0 Å². The van der Waals surface area contributed by atoms with Gasteiger partial charge in [0.15, 0.2) is 5.82 Å². The lowest BCUT2D eigenvalue weighted by Gasteiger charge is -2.61. The van der Waals surface area contributed by atoms with Crippen molar-refractivity contribution < 1.29 is 0 Å². The van der Waals surface area contributed by atoms with Gasteiger partial charge in [-0.05, 0) is 148 Å². The number of hydrogen-bond acceptors (Lipinski definition) is 3. The molecule has 5 aliphatic rings. The lowest BCUT2D eigenvalue weighted by molar-refractivity contribution is -0.0399. The topological polar surface area (TPSA) is 25.8 Å². The molecule has 1 spiro atoms. The van der Waals surface area contributed by atoms with Crippen LogP contribution in [0, 0.1) is 23.7 Å². The molecule has 15 rings (SSSR count). The van der Waals surface area contributed by atoms with Gasteiger partial charge in [-0.2, -0.15) is 0 Å². The van der Waals surface area contributed by atoms with Gasteiger partial charge in [-0.25, -0.2) is 9.97 Å². The quantitative estimate of drug-likeness (QED) is 0.167. The van der Waals surface area contributed by atoms with Crippen LogP contribution in [0.2, 0.25) is 0 Å². The van der Waals surface area contributed by atoms with Gasteiger partial charge in [-0.15, -0.1) is 11.3 Å². The fraction of sp³-hybridized carbons (Fsp3) is 0.161. The highest BCUT2D eigenvalue weighted by Crippen LogP contribution is 2.69. The highest BCUT2D eigenvalue weighted by atomic mass is 32.1. The molecule has 5 aliphatic carbocycles. The second kappa shape index (κ2) is 14.5. The van der Waals surface area contributed by atoms with Crippen LogP contribution >= 0.6 is 11.3 Å². The molecular formula is C62H46N2S.